The molecule has 0 aliphatic heterocycles. The summed E-state index contributed by atoms with van der Waals surface area (Å²) in [7, 11) is -1.53. The third-order valence-electron chi connectivity index (χ3n) is 2.93. The molecule has 1 N–H and O–H groups in total. The topological polar surface area (TPSA) is 38.3 Å². The average molecular weight is 277 g/mol. The summed E-state index contributed by atoms with van der Waals surface area (Å²) in [5, 5.41) is 4.02. The van der Waals surface area contributed by atoms with Crippen molar-refractivity contribution in [1.82, 2.24) is 0 Å². The zero-order chi connectivity index (χ0) is 14.5. The van der Waals surface area contributed by atoms with E-state index in [2.05, 4.69) is 25.0 Å². The normalized spacial score (nSPS) is 11.2. The molecule has 1 amide bonds. The van der Waals surface area contributed by atoms with Crippen LogP contribution in [-0.4, -0.2) is 20.8 Å². The van der Waals surface area contributed by atoms with E-state index in [1.807, 2.05) is 43.8 Å². The molecule has 0 fully saturated rings. The van der Waals surface area contributed by atoms with Gasteiger partial charge in [0.05, 0.1) is 6.61 Å². The van der Waals surface area contributed by atoms with Gasteiger partial charge in [0.15, 0.2) is 0 Å². The molecule has 0 unspecified atom stereocenters. The molecule has 0 spiro atoms. The SMILES string of the molecule is C=C[Si](C)(C)c1ccc(NC(=O)OCC(C)C)cc1. The van der Waals surface area contributed by atoms with Gasteiger partial charge in [0.25, 0.3) is 0 Å². The molecule has 0 aliphatic rings. The Morgan fingerprint density at radius 3 is 2.42 bits per heavy atom. The summed E-state index contributed by atoms with van der Waals surface area (Å²) < 4.78 is 5.07. The van der Waals surface area contributed by atoms with E-state index in [0.717, 1.165) is 5.69 Å². The molecule has 0 bridgehead atoms. The van der Waals surface area contributed by atoms with Crippen molar-refractivity contribution in [3.63, 3.8) is 0 Å². The maximum absolute atomic E-state index is 11.5. The predicted octanol–water partition coefficient (Wildman–Crippen LogP) is 3.53. The number of anilines is 1. The van der Waals surface area contributed by atoms with Crippen molar-refractivity contribution in [3.8, 4) is 0 Å². The molecule has 1 rings (SSSR count). The molecule has 104 valence electrons. The van der Waals surface area contributed by atoms with Gasteiger partial charge in [-0.3, -0.25) is 5.32 Å². The Morgan fingerprint density at radius 1 is 1.37 bits per heavy atom. The Hall–Kier alpha value is -1.55. The number of rotatable bonds is 5. The molecule has 0 heterocycles. The fourth-order valence-electron chi connectivity index (χ4n) is 1.50. The zero-order valence-corrected chi connectivity index (χ0v) is 13.2. The average Bonchev–Trinajstić information content (AvgIpc) is 2.37. The van der Waals surface area contributed by atoms with Crippen LogP contribution in [-0.2, 0) is 4.74 Å². The van der Waals surface area contributed by atoms with E-state index < -0.39 is 14.2 Å². The van der Waals surface area contributed by atoms with Crippen LogP contribution in [0.5, 0.6) is 0 Å². The predicted molar refractivity (Wildman–Crippen MR) is 83.6 cm³/mol. The molecule has 0 aromatic heterocycles. The van der Waals surface area contributed by atoms with Gasteiger partial charge in [-0.2, -0.15) is 0 Å². The largest absolute Gasteiger partial charge is 0.449 e. The Kier molecular flexibility index (Phi) is 5.36. The second-order valence-corrected chi connectivity index (χ2v) is 10.0. The minimum atomic E-state index is -1.53. The minimum absolute atomic E-state index is 0.340. The highest BCUT2D eigenvalue weighted by Crippen LogP contribution is 2.10. The Labute approximate surface area is 116 Å². The van der Waals surface area contributed by atoms with Gasteiger partial charge in [0, 0.05) is 5.69 Å². The summed E-state index contributed by atoms with van der Waals surface area (Å²) in [6.45, 7) is 12.8. The van der Waals surface area contributed by atoms with Gasteiger partial charge in [0.1, 0.15) is 8.07 Å². The molecule has 19 heavy (non-hydrogen) atoms. The standard InChI is InChI=1S/C15H23NO2Si/c1-6-19(4,5)14-9-7-13(8-10-14)16-15(17)18-11-12(2)3/h6-10,12H,1,11H2,2-5H3,(H,16,17). The number of carbonyl (C=O) groups excluding carboxylic acids is 1. The third kappa shape index (κ3) is 4.91. The summed E-state index contributed by atoms with van der Waals surface area (Å²) in [5.41, 5.74) is 2.80. The fourth-order valence-corrected chi connectivity index (χ4v) is 2.76. The van der Waals surface area contributed by atoms with E-state index in [1.165, 1.54) is 5.19 Å². The zero-order valence-electron chi connectivity index (χ0n) is 12.2. The molecule has 1 aromatic carbocycles. The fraction of sp³-hybridized carbons (Fsp3) is 0.400. The van der Waals surface area contributed by atoms with Gasteiger partial charge in [-0.15, -0.1) is 6.58 Å². The molecule has 4 heteroatoms. The first kappa shape index (κ1) is 15.5. The van der Waals surface area contributed by atoms with Crippen molar-refractivity contribution in [2.75, 3.05) is 11.9 Å². The van der Waals surface area contributed by atoms with Crippen molar-refractivity contribution < 1.29 is 9.53 Å². The number of carbonyl (C=O) groups is 1. The highest BCUT2D eigenvalue weighted by Gasteiger charge is 2.18. The van der Waals surface area contributed by atoms with Crippen LogP contribution in [0.2, 0.25) is 13.1 Å². The van der Waals surface area contributed by atoms with E-state index in [4.69, 9.17) is 4.74 Å². The number of ether oxygens (including phenoxy) is 1. The van der Waals surface area contributed by atoms with E-state index >= 15 is 0 Å². The monoisotopic (exact) mass is 277 g/mol. The van der Waals surface area contributed by atoms with Crippen LogP contribution in [0.15, 0.2) is 36.5 Å². The maximum Gasteiger partial charge on any atom is 0.411 e. The molecule has 0 saturated heterocycles. The summed E-state index contributed by atoms with van der Waals surface area (Å²) >= 11 is 0. The van der Waals surface area contributed by atoms with Crippen molar-refractivity contribution in [2.45, 2.75) is 26.9 Å². The van der Waals surface area contributed by atoms with E-state index in [1.54, 1.807) is 0 Å². The van der Waals surface area contributed by atoms with Crippen LogP contribution >= 0.6 is 0 Å². The molecular weight excluding hydrogens is 254 g/mol. The highest BCUT2D eigenvalue weighted by molar-refractivity contribution is 6.93. The van der Waals surface area contributed by atoms with Gasteiger partial charge < -0.3 is 4.74 Å². The third-order valence-corrected chi connectivity index (χ3v) is 5.78. The molecule has 3 nitrogen and oxygen atoms in total. The summed E-state index contributed by atoms with van der Waals surface area (Å²) in [5.74, 6) is 0.340. The van der Waals surface area contributed by atoms with Crippen LogP contribution in [0.3, 0.4) is 0 Å². The Bertz CT molecular complexity index is 438. The van der Waals surface area contributed by atoms with E-state index in [-0.39, 0.29) is 0 Å². The van der Waals surface area contributed by atoms with Gasteiger partial charge in [-0.1, -0.05) is 50.0 Å². The van der Waals surface area contributed by atoms with Gasteiger partial charge in [-0.25, -0.2) is 4.79 Å². The summed E-state index contributed by atoms with van der Waals surface area (Å²) in [4.78, 5) is 11.5. The lowest BCUT2D eigenvalue weighted by atomic mass is 10.2. The second-order valence-electron chi connectivity index (χ2n) is 5.62. The Balaban J connectivity index is 2.62. The van der Waals surface area contributed by atoms with E-state index in [9.17, 15) is 4.79 Å². The molecule has 0 aliphatic carbocycles. The van der Waals surface area contributed by atoms with Crippen LogP contribution in [0.25, 0.3) is 0 Å². The number of amides is 1. The number of nitrogens with one attached hydrogen (secondary N) is 1. The lowest BCUT2D eigenvalue weighted by molar-refractivity contribution is 0.147. The first-order valence-corrected chi connectivity index (χ1v) is 9.61. The van der Waals surface area contributed by atoms with Gasteiger partial charge in [0.2, 0.25) is 0 Å². The minimum Gasteiger partial charge on any atom is -0.449 e. The number of hydrogen-bond donors (Lipinski definition) is 1. The van der Waals surface area contributed by atoms with Crippen molar-refractivity contribution in [3.05, 3.63) is 36.5 Å². The smallest absolute Gasteiger partial charge is 0.411 e. The molecule has 0 saturated carbocycles. The van der Waals surface area contributed by atoms with Crippen molar-refractivity contribution >= 4 is 25.0 Å². The lowest BCUT2D eigenvalue weighted by Gasteiger charge is -2.18. The van der Waals surface area contributed by atoms with Crippen molar-refractivity contribution in [1.29, 1.82) is 0 Å². The van der Waals surface area contributed by atoms with Gasteiger partial charge in [-0.05, 0) is 18.1 Å². The van der Waals surface area contributed by atoms with Gasteiger partial charge >= 0.3 is 6.09 Å². The maximum atomic E-state index is 11.5. The number of hydrogen-bond acceptors (Lipinski definition) is 2. The first-order chi connectivity index (χ1) is 8.85. The lowest BCUT2D eigenvalue weighted by Crippen LogP contribution is -2.39. The summed E-state index contributed by atoms with van der Waals surface area (Å²) in [6, 6.07) is 7.91. The Morgan fingerprint density at radius 2 is 1.95 bits per heavy atom. The van der Waals surface area contributed by atoms with Crippen LogP contribution in [0.1, 0.15) is 13.8 Å². The number of benzene rings is 1. The van der Waals surface area contributed by atoms with Crippen LogP contribution in [0, 0.1) is 5.92 Å². The highest BCUT2D eigenvalue weighted by atomic mass is 28.3. The summed E-state index contributed by atoms with van der Waals surface area (Å²) in [6.07, 6.45) is -0.401. The first-order valence-electron chi connectivity index (χ1n) is 6.53. The quantitative estimate of drug-likeness (QED) is 0.836. The molecule has 0 atom stereocenters. The van der Waals surface area contributed by atoms with E-state index in [0.29, 0.717) is 12.5 Å². The second kappa shape index (κ2) is 6.57. The van der Waals surface area contributed by atoms with Crippen molar-refractivity contribution in [2.24, 2.45) is 5.92 Å². The molecule has 1 aromatic rings. The molecule has 0 radical (unpaired) electrons. The van der Waals surface area contributed by atoms with Crippen LogP contribution < -0.4 is 10.5 Å². The molecular formula is C15H23NO2Si. The van der Waals surface area contributed by atoms with Crippen LogP contribution in [0.4, 0.5) is 10.5 Å².